The average molecular weight is 496 g/mol. The molecule has 0 atom stereocenters. The summed E-state index contributed by atoms with van der Waals surface area (Å²) in [4.78, 5) is 13.1. The van der Waals surface area contributed by atoms with Crippen molar-refractivity contribution < 1.29 is 13.9 Å². The molecule has 1 amide bonds. The Balaban J connectivity index is 1.56. The average Bonchev–Trinajstić information content (AvgIpc) is 3.30. The molecule has 0 saturated carbocycles. The van der Waals surface area contributed by atoms with Gasteiger partial charge in [0.05, 0.1) is 12.9 Å². The van der Waals surface area contributed by atoms with Gasteiger partial charge in [-0.2, -0.15) is 0 Å². The Morgan fingerprint density at radius 2 is 1.78 bits per heavy atom. The molecule has 5 heteroatoms. The van der Waals surface area contributed by atoms with Crippen molar-refractivity contribution in [3.8, 4) is 16.9 Å². The number of nitrogens with one attached hydrogen (secondary N) is 1. The highest BCUT2D eigenvalue weighted by Crippen LogP contribution is 2.41. The molecule has 0 bridgehead atoms. The molecule has 180 valence electrons. The van der Waals surface area contributed by atoms with Gasteiger partial charge in [0.25, 0.3) is 0 Å². The minimum atomic E-state index is -0.200. The van der Waals surface area contributed by atoms with Gasteiger partial charge in [-0.1, -0.05) is 60.1 Å². The van der Waals surface area contributed by atoms with Gasteiger partial charge in [-0.25, -0.2) is 0 Å². The van der Waals surface area contributed by atoms with E-state index in [1.54, 1.807) is 12.3 Å². The highest BCUT2D eigenvalue weighted by Gasteiger charge is 2.19. The summed E-state index contributed by atoms with van der Waals surface area (Å²) in [6, 6.07) is 23.6. The Morgan fingerprint density at radius 1 is 1.03 bits per heavy atom. The van der Waals surface area contributed by atoms with Crippen LogP contribution in [-0.4, -0.2) is 12.5 Å². The van der Waals surface area contributed by atoms with Crippen LogP contribution in [-0.2, 0) is 4.79 Å². The van der Waals surface area contributed by atoms with Crippen molar-refractivity contribution >= 4 is 50.5 Å². The van der Waals surface area contributed by atoms with Gasteiger partial charge in [-0.15, -0.1) is 0 Å². The number of hydrogen-bond donors (Lipinski definition) is 1. The van der Waals surface area contributed by atoms with Crippen LogP contribution in [0.15, 0.2) is 89.6 Å². The lowest BCUT2D eigenvalue weighted by molar-refractivity contribution is -0.111. The summed E-state index contributed by atoms with van der Waals surface area (Å²) >= 11 is 6.09. The van der Waals surface area contributed by atoms with E-state index in [0.29, 0.717) is 17.4 Å². The number of halogens is 1. The first-order valence-corrected chi connectivity index (χ1v) is 12.2. The van der Waals surface area contributed by atoms with Crippen molar-refractivity contribution in [2.45, 2.75) is 20.8 Å². The first-order chi connectivity index (χ1) is 17.5. The van der Waals surface area contributed by atoms with E-state index in [1.165, 1.54) is 0 Å². The van der Waals surface area contributed by atoms with Gasteiger partial charge >= 0.3 is 0 Å². The summed E-state index contributed by atoms with van der Waals surface area (Å²) in [5, 5.41) is 6.74. The quantitative estimate of drug-likeness (QED) is 0.240. The zero-order valence-corrected chi connectivity index (χ0v) is 21.1. The molecule has 0 unspecified atom stereocenters. The number of hydrogen-bond acceptors (Lipinski definition) is 3. The number of allylic oxidation sites excluding steroid dienone is 1. The van der Waals surface area contributed by atoms with E-state index in [-0.39, 0.29) is 5.91 Å². The maximum absolute atomic E-state index is 13.1. The number of anilines is 1. The van der Waals surface area contributed by atoms with E-state index in [9.17, 15) is 4.79 Å². The highest BCUT2D eigenvalue weighted by molar-refractivity contribution is 6.30. The van der Waals surface area contributed by atoms with Crippen LogP contribution in [0.2, 0.25) is 5.02 Å². The monoisotopic (exact) mass is 495 g/mol. The third kappa shape index (κ3) is 4.48. The Kier molecular flexibility index (Phi) is 6.53. The van der Waals surface area contributed by atoms with Crippen LogP contribution in [0.5, 0.6) is 5.75 Å². The second kappa shape index (κ2) is 9.92. The molecule has 0 fully saturated rings. The zero-order valence-electron chi connectivity index (χ0n) is 20.4. The molecular weight excluding hydrogens is 470 g/mol. The standard InChI is InChI=1S/C31H26ClNO3/c1-4-35-30-20(3)31-26(27(18-36-31)22-12-14-23(32)15-13-22)17-25(30)19(2)16-29(34)33-28-11-7-9-21-8-5-6-10-24(21)28/h5-18H,4H2,1-3H3,(H,33,34)/b19-16+. The fourth-order valence-corrected chi connectivity index (χ4v) is 4.70. The van der Waals surface area contributed by atoms with Crippen LogP contribution in [0, 0.1) is 6.92 Å². The van der Waals surface area contributed by atoms with Crippen molar-refractivity contribution in [1.29, 1.82) is 0 Å². The van der Waals surface area contributed by atoms with E-state index < -0.39 is 0 Å². The summed E-state index contributed by atoms with van der Waals surface area (Å²) in [6.45, 7) is 6.35. The van der Waals surface area contributed by atoms with Crippen LogP contribution in [0.3, 0.4) is 0 Å². The van der Waals surface area contributed by atoms with Crippen LogP contribution >= 0.6 is 11.6 Å². The molecule has 1 N–H and O–H groups in total. The van der Waals surface area contributed by atoms with Gasteiger partial charge in [0.15, 0.2) is 0 Å². The normalized spacial score (nSPS) is 11.7. The lowest BCUT2D eigenvalue weighted by Gasteiger charge is -2.15. The summed E-state index contributed by atoms with van der Waals surface area (Å²) in [7, 11) is 0. The number of carbonyl (C=O) groups excluding carboxylic acids is 1. The number of fused-ring (bicyclic) bond motifs is 2. The molecule has 1 aromatic heterocycles. The first-order valence-electron chi connectivity index (χ1n) is 11.9. The van der Waals surface area contributed by atoms with E-state index in [0.717, 1.165) is 55.3 Å². The van der Waals surface area contributed by atoms with Gasteiger partial charge in [0.1, 0.15) is 11.3 Å². The molecule has 0 saturated heterocycles. The summed E-state index contributed by atoms with van der Waals surface area (Å²) in [6.07, 6.45) is 3.37. The van der Waals surface area contributed by atoms with Gasteiger partial charge in [0, 0.05) is 44.2 Å². The molecular formula is C31H26ClNO3. The second-order valence-corrected chi connectivity index (χ2v) is 9.12. The smallest absolute Gasteiger partial charge is 0.248 e. The topological polar surface area (TPSA) is 51.5 Å². The number of benzene rings is 4. The Bertz CT molecular complexity index is 1610. The summed E-state index contributed by atoms with van der Waals surface area (Å²) < 4.78 is 12.0. The number of amides is 1. The van der Waals surface area contributed by atoms with Crippen LogP contribution in [0.25, 0.3) is 38.4 Å². The Hall–Kier alpha value is -4.02. The van der Waals surface area contributed by atoms with Gasteiger partial charge in [0.2, 0.25) is 5.91 Å². The van der Waals surface area contributed by atoms with Crippen molar-refractivity contribution in [2.24, 2.45) is 0 Å². The minimum Gasteiger partial charge on any atom is -0.493 e. The lowest BCUT2D eigenvalue weighted by atomic mass is 9.96. The van der Waals surface area contributed by atoms with Gasteiger partial charge in [-0.05, 0) is 61.6 Å². The summed E-state index contributed by atoms with van der Waals surface area (Å²) in [5.41, 5.74) is 6.05. The van der Waals surface area contributed by atoms with E-state index in [1.807, 2.05) is 93.6 Å². The fraction of sp³-hybridized carbons (Fsp3) is 0.129. The van der Waals surface area contributed by atoms with E-state index >= 15 is 0 Å². The van der Waals surface area contributed by atoms with Crippen LogP contribution < -0.4 is 10.1 Å². The van der Waals surface area contributed by atoms with Crippen molar-refractivity contribution in [3.05, 3.63) is 101 Å². The van der Waals surface area contributed by atoms with Crippen molar-refractivity contribution in [3.63, 3.8) is 0 Å². The maximum Gasteiger partial charge on any atom is 0.248 e. The summed E-state index contributed by atoms with van der Waals surface area (Å²) in [5.74, 6) is 0.517. The predicted octanol–water partition coefficient (Wildman–Crippen LogP) is 8.66. The number of furan rings is 1. The highest BCUT2D eigenvalue weighted by atomic mass is 35.5. The van der Waals surface area contributed by atoms with Crippen molar-refractivity contribution in [1.82, 2.24) is 0 Å². The number of ether oxygens (including phenoxy) is 1. The SMILES string of the molecule is CCOc1c(/C(C)=C/C(=O)Nc2cccc3ccccc23)cc2c(-c3ccc(Cl)cc3)coc2c1C. The molecule has 4 nitrogen and oxygen atoms in total. The van der Waals surface area contributed by atoms with E-state index in [4.69, 9.17) is 20.8 Å². The van der Waals surface area contributed by atoms with E-state index in [2.05, 4.69) is 5.32 Å². The molecule has 0 aliphatic rings. The zero-order chi connectivity index (χ0) is 25.2. The number of rotatable bonds is 6. The molecule has 0 radical (unpaired) electrons. The molecule has 1 heterocycles. The predicted molar refractivity (Wildman–Crippen MR) is 149 cm³/mol. The molecule has 0 aliphatic carbocycles. The molecule has 5 rings (SSSR count). The van der Waals surface area contributed by atoms with Gasteiger partial charge < -0.3 is 14.5 Å². The fourth-order valence-electron chi connectivity index (χ4n) is 4.57. The van der Waals surface area contributed by atoms with Crippen LogP contribution in [0.4, 0.5) is 5.69 Å². The first kappa shape index (κ1) is 23.7. The third-order valence-electron chi connectivity index (χ3n) is 6.31. The molecule has 0 spiro atoms. The number of aryl methyl sites for hydroxylation is 1. The molecule has 0 aliphatic heterocycles. The maximum atomic E-state index is 13.1. The molecule has 5 aromatic rings. The van der Waals surface area contributed by atoms with Crippen molar-refractivity contribution in [2.75, 3.05) is 11.9 Å². The number of carbonyl (C=O) groups is 1. The second-order valence-electron chi connectivity index (χ2n) is 8.69. The third-order valence-corrected chi connectivity index (χ3v) is 6.56. The Morgan fingerprint density at radius 3 is 2.56 bits per heavy atom. The largest absolute Gasteiger partial charge is 0.493 e. The minimum absolute atomic E-state index is 0.200. The van der Waals surface area contributed by atoms with Crippen LogP contribution in [0.1, 0.15) is 25.0 Å². The molecule has 36 heavy (non-hydrogen) atoms. The molecule has 4 aromatic carbocycles. The lowest BCUT2D eigenvalue weighted by Crippen LogP contribution is -2.09. The van der Waals surface area contributed by atoms with Gasteiger partial charge in [-0.3, -0.25) is 4.79 Å². The Labute approximate surface area is 215 Å².